The summed E-state index contributed by atoms with van der Waals surface area (Å²) in [6, 6.07) is 0. The van der Waals surface area contributed by atoms with Crippen LogP contribution in [0.3, 0.4) is 0 Å². The van der Waals surface area contributed by atoms with E-state index in [1.807, 2.05) is 12.2 Å². The van der Waals surface area contributed by atoms with Gasteiger partial charge in [-0.15, -0.1) is 6.58 Å². The molecule has 0 aromatic carbocycles. The molecule has 2 bridgehead atoms. The topological polar surface area (TPSA) is 29.6 Å². The molecule has 13 heavy (non-hydrogen) atoms. The minimum Gasteiger partial charge on any atom is -0.361 e. The Balaban J connectivity index is 2.03. The zero-order valence-corrected chi connectivity index (χ0v) is 7.40. The van der Waals surface area contributed by atoms with E-state index in [2.05, 4.69) is 12.7 Å². The predicted molar refractivity (Wildman–Crippen MR) is 48.1 cm³/mol. The molecule has 1 aliphatic heterocycles. The molecule has 1 heterocycles. The van der Waals surface area contributed by atoms with Crippen molar-refractivity contribution >= 4 is 5.78 Å². The van der Waals surface area contributed by atoms with Crippen LogP contribution in [0.15, 0.2) is 24.8 Å². The summed E-state index contributed by atoms with van der Waals surface area (Å²) in [5.41, 5.74) is -0.390. The molecule has 0 radical (unpaired) electrons. The fourth-order valence-electron chi connectivity index (χ4n) is 2.68. The molecule has 4 atom stereocenters. The van der Waals surface area contributed by atoms with Crippen LogP contribution in [0.5, 0.6) is 0 Å². The molecule has 2 fully saturated rings. The smallest absolute Gasteiger partial charge is 0.175 e. The van der Waals surface area contributed by atoms with Gasteiger partial charge in [0.15, 0.2) is 11.4 Å². The predicted octanol–water partition coefficient (Wildman–Crippen LogP) is 1.33. The Morgan fingerprint density at radius 1 is 1.62 bits per heavy atom. The van der Waals surface area contributed by atoms with Crippen molar-refractivity contribution in [3.05, 3.63) is 24.8 Å². The first kappa shape index (κ1) is 7.51. The lowest BCUT2D eigenvalue weighted by molar-refractivity contribution is -0.133. The van der Waals surface area contributed by atoms with Crippen molar-refractivity contribution < 1.29 is 9.53 Å². The zero-order chi connectivity index (χ0) is 9.05. The van der Waals surface area contributed by atoms with Gasteiger partial charge in [0.05, 0.1) is 6.61 Å². The number of Topliss-reactive ketones (excluding diaryl/α,β-unsaturated/α-hetero) is 1. The van der Waals surface area contributed by atoms with E-state index in [0.717, 1.165) is 6.42 Å². The van der Waals surface area contributed by atoms with Crippen molar-refractivity contribution in [2.24, 2.45) is 17.8 Å². The van der Waals surface area contributed by atoms with E-state index >= 15 is 0 Å². The summed E-state index contributed by atoms with van der Waals surface area (Å²) >= 11 is 0. The van der Waals surface area contributed by atoms with Gasteiger partial charge in [-0.05, 0) is 12.3 Å². The number of allylic oxidation sites excluding steroid dienone is 2. The van der Waals surface area contributed by atoms with Crippen molar-refractivity contribution in [1.29, 1.82) is 0 Å². The van der Waals surface area contributed by atoms with Crippen LogP contribution in [0, 0.1) is 17.8 Å². The maximum atomic E-state index is 11.9. The molecule has 0 N–H and O–H groups in total. The van der Waals surface area contributed by atoms with E-state index in [9.17, 15) is 4.79 Å². The van der Waals surface area contributed by atoms with E-state index in [-0.39, 0.29) is 17.3 Å². The van der Waals surface area contributed by atoms with Gasteiger partial charge < -0.3 is 4.74 Å². The van der Waals surface area contributed by atoms with E-state index in [4.69, 9.17) is 4.74 Å². The van der Waals surface area contributed by atoms with Crippen molar-refractivity contribution in [2.75, 3.05) is 6.61 Å². The van der Waals surface area contributed by atoms with Crippen molar-refractivity contribution in [3.8, 4) is 0 Å². The fourth-order valence-corrected chi connectivity index (χ4v) is 2.68. The van der Waals surface area contributed by atoms with Crippen LogP contribution in [0.2, 0.25) is 0 Å². The van der Waals surface area contributed by atoms with E-state index < -0.39 is 0 Å². The second-order valence-electron chi connectivity index (χ2n) is 4.19. The number of ether oxygens (including phenoxy) is 1. The van der Waals surface area contributed by atoms with Gasteiger partial charge in [0, 0.05) is 11.8 Å². The fraction of sp³-hybridized carbons (Fsp3) is 0.545. The van der Waals surface area contributed by atoms with Crippen LogP contribution < -0.4 is 0 Å². The van der Waals surface area contributed by atoms with E-state index in [1.54, 1.807) is 0 Å². The number of carbonyl (C=O) groups excluding carboxylic acids is 1. The molecule has 4 rings (SSSR count). The molecule has 1 spiro atoms. The van der Waals surface area contributed by atoms with Gasteiger partial charge >= 0.3 is 0 Å². The lowest BCUT2D eigenvalue weighted by Crippen LogP contribution is -2.48. The highest BCUT2D eigenvalue weighted by Gasteiger charge is 2.63. The third-order valence-corrected chi connectivity index (χ3v) is 3.62. The van der Waals surface area contributed by atoms with Crippen molar-refractivity contribution in [3.63, 3.8) is 0 Å². The number of fused-ring (bicyclic) bond motifs is 1. The Kier molecular flexibility index (Phi) is 1.23. The molecule has 4 aliphatic rings. The van der Waals surface area contributed by atoms with Gasteiger partial charge in [-0.2, -0.15) is 0 Å². The van der Waals surface area contributed by atoms with Crippen LogP contribution in [0.25, 0.3) is 0 Å². The monoisotopic (exact) mass is 176 g/mol. The Labute approximate surface area is 77.3 Å². The minimum absolute atomic E-state index is 0.0463. The molecule has 3 aliphatic carbocycles. The molecular formula is C11H12O2. The first-order valence-electron chi connectivity index (χ1n) is 4.77. The molecule has 1 unspecified atom stereocenters. The molecule has 2 nitrogen and oxygen atoms in total. The molecule has 1 saturated carbocycles. The lowest BCUT2D eigenvalue weighted by atomic mass is 9.63. The summed E-state index contributed by atoms with van der Waals surface area (Å²) in [6.45, 7) is 4.42. The summed E-state index contributed by atoms with van der Waals surface area (Å²) < 4.78 is 5.34. The largest absolute Gasteiger partial charge is 0.361 e. The van der Waals surface area contributed by atoms with Gasteiger partial charge in [-0.3, -0.25) is 4.79 Å². The normalized spacial score (nSPS) is 51.4. The number of hydrogen-bond acceptors (Lipinski definition) is 2. The van der Waals surface area contributed by atoms with Crippen LogP contribution >= 0.6 is 0 Å². The second-order valence-corrected chi connectivity index (χ2v) is 4.19. The highest BCUT2D eigenvalue weighted by Crippen LogP contribution is 2.52. The number of hydrogen-bond donors (Lipinski definition) is 0. The third-order valence-electron chi connectivity index (χ3n) is 3.62. The SMILES string of the molecule is C=C[C@H]1C[C@H]2C=C[C@@H]1C(=O)C21CO1. The molecule has 0 amide bonds. The number of epoxide rings is 1. The highest BCUT2D eigenvalue weighted by atomic mass is 16.6. The minimum atomic E-state index is -0.390. The number of rotatable bonds is 1. The first-order valence-corrected chi connectivity index (χ1v) is 4.77. The second kappa shape index (κ2) is 2.13. The number of carbonyl (C=O) groups is 1. The number of ketones is 1. The molecule has 1 saturated heterocycles. The standard InChI is InChI=1S/C11H12O2/c1-2-7-5-8-3-4-9(7)10(12)11(8)6-13-11/h2-4,7-9H,1,5-6H2/t7-,8+,9-,11?/m0/s1. The summed E-state index contributed by atoms with van der Waals surface area (Å²) in [5.74, 6) is 0.992. The Hall–Kier alpha value is -0.890. The van der Waals surface area contributed by atoms with Crippen LogP contribution in [0.1, 0.15) is 6.42 Å². The van der Waals surface area contributed by atoms with Gasteiger partial charge in [0.1, 0.15) is 0 Å². The molecular weight excluding hydrogens is 164 g/mol. The van der Waals surface area contributed by atoms with Gasteiger partial charge in [0.25, 0.3) is 0 Å². The third kappa shape index (κ3) is 0.748. The molecule has 68 valence electrons. The van der Waals surface area contributed by atoms with Crippen LogP contribution in [-0.4, -0.2) is 18.0 Å². The van der Waals surface area contributed by atoms with Crippen LogP contribution in [0.4, 0.5) is 0 Å². The Morgan fingerprint density at radius 2 is 2.38 bits per heavy atom. The highest BCUT2D eigenvalue weighted by molar-refractivity contribution is 5.96. The molecule has 2 heteroatoms. The van der Waals surface area contributed by atoms with E-state index in [0.29, 0.717) is 18.4 Å². The summed E-state index contributed by atoms with van der Waals surface area (Å²) in [6.07, 6.45) is 7.14. The average Bonchev–Trinajstić information content (AvgIpc) is 2.95. The van der Waals surface area contributed by atoms with Gasteiger partial charge in [-0.25, -0.2) is 0 Å². The molecule has 0 aromatic heterocycles. The van der Waals surface area contributed by atoms with E-state index in [1.165, 1.54) is 0 Å². The maximum Gasteiger partial charge on any atom is 0.175 e. The molecule has 0 aromatic rings. The maximum absolute atomic E-state index is 11.9. The first-order chi connectivity index (χ1) is 6.28. The zero-order valence-electron chi connectivity index (χ0n) is 7.40. The van der Waals surface area contributed by atoms with Crippen molar-refractivity contribution in [2.45, 2.75) is 12.0 Å². The quantitative estimate of drug-likeness (QED) is 0.445. The van der Waals surface area contributed by atoms with Crippen molar-refractivity contribution in [1.82, 2.24) is 0 Å². The average molecular weight is 176 g/mol. The Bertz CT molecular complexity index is 312. The lowest BCUT2D eigenvalue weighted by Gasteiger charge is -2.39. The van der Waals surface area contributed by atoms with Gasteiger partial charge in [-0.1, -0.05) is 18.2 Å². The van der Waals surface area contributed by atoms with Crippen LogP contribution in [-0.2, 0) is 9.53 Å². The summed E-state index contributed by atoms with van der Waals surface area (Å²) in [4.78, 5) is 11.9. The summed E-state index contributed by atoms with van der Waals surface area (Å²) in [5, 5.41) is 0. The summed E-state index contributed by atoms with van der Waals surface area (Å²) in [7, 11) is 0. The Morgan fingerprint density at radius 3 is 2.92 bits per heavy atom. The van der Waals surface area contributed by atoms with Gasteiger partial charge in [0.2, 0.25) is 0 Å².